The van der Waals surface area contributed by atoms with Gasteiger partial charge in [-0.2, -0.15) is 0 Å². The number of amides is 2. The molecule has 0 aromatic heterocycles. The van der Waals surface area contributed by atoms with Crippen LogP contribution in [0.25, 0.3) is 0 Å². The van der Waals surface area contributed by atoms with Gasteiger partial charge in [0.05, 0.1) is 48.9 Å². The van der Waals surface area contributed by atoms with Crippen LogP contribution in [0.1, 0.15) is 26.7 Å². The summed E-state index contributed by atoms with van der Waals surface area (Å²) in [5, 5.41) is 35.3. The molecule has 1 aliphatic carbocycles. The Morgan fingerprint density at radius 3 is 1.93 bits per heavy atom. The Bertz CT molecular complexity index is 1170. The Morgan fingerprint density at radius 2 is 1.45 bits per heavy atom. The number of carbonyl (C=O) groups is 5. The van der Waals surface area contributed by atoms with Crippen molar-refractivity contribution in [3.05, 3.63) is 36.2 Å². The van der Waals surface area contributed by atoms with E-state index in [1.807, 2.05) is 23.6 Å². The first-order chi connectivity index (χ1) is 19.8. The van der Waals surface area contributed by atoms with Crippen LogP contribution in [-0.2, 0) is 24.0 Å². The van der Waals surface area contributed by atoms with E-state index in [0.717, 1.165) is 4.90 Å². The SMILES string of the molecule is CC(C)Oc1ccc(F)cc1N1CCN(CC(=O)CN2C(=O)C3CC(O)C(O)CC3C2=O)CC1.O=C(O)C=CC(=O)O. The number of aliphatic hydroxyl groups excluding tert-OH is 2. The predicted molar refractivity (Wildman–Crippen MR) is 145 cm³/mol. The zero-order chi connectivity index (χ0) is 31.1. The number of hydrogen-bond acceptors (Lipinski definition) is 10. The molecule has 1 saturated carbocycles. The number of aliphatic carboxylic acids is 2. The number of benzene rings is 1. The second kappa shape index (κ2) is 14.3. The smallest absolute Gasteiger partial charge is 0.328 e. The van der Waals surface area contributed by atoms with Gasteiger partial charge in [-0.25, -0.2) is 14.0 Å². The minimum absolute atomic E-state index is 0.0334. The molecule has 3 aliphatic rings. The molecular weight excluding hydrogens is 557 g/mol. The second-order valence-corrected chi connectivity index (χ2v) is 10.7. The molecule has 4 N–H and O–H groups in total. The normalized spacial score (nSPS) is 24.4. The molecule has 230 valence electrons. The van der Waals surface area contributed by atoms with E-state index in [0.29, 0.717) is 49.8 Å². The molecule has 13 nitrogen and oxygen atoms in total. The van der Waals surface area contributed by atoms with Crippen molar-refractivity contribution in [2.24, 2.45) is 11.8 Å². The van der Waals surface area contributed by atoms with E-state index in [4.69, 9.17) is 14.9 Å². The quantitative estimate of drug-likeness (QED) is 0.224. The molecule has 2 heterocycles. The highest BCUT2D eigenvalue weighted by Crippen LogP contribution is 2.38. The number of anilines is 1. The average molecular weight is 594 g/mol. The molecule has 2 saturated heterocycles. The van der Waals surface area contributed by atoms with Crippen LogP contribution in [0.5, 0.6) is 5.75 Å². The van der Waals surface area contributed by atoms with Gasteiger partial charge in [0.1, 0.15) is 11.6 Å². The lowest BCUT2D eigenvalue weighted by Gasteiger charge is -2.36. The van der Waals surface area contributed by atoms with Crippen molar-refractivity contribution in [3.63, 3.8) is 0 Å². The first kappa shape index (κ1) is 32.6. The van der Waals surface area contributed by atoms with Crippen LogP contribution in [0.3, 0.4) is 0 Å². The highest BCUT2D eigenvalue weighted by Gasteiger charge is 2.52. The van der Waals surface area contributed by atoms with Gasteiger partial charge in [-0.3, -0.25) is 24.2 Å². The molecule has 4 rings (SSSR count). The molecule has 2 aliphatic heterocycles. The van der Waals surface area contributed by atoms with E-state index in [9.17, 15) is 38.6 Å². The van der Waals surface area contributed by atoms with Crippen molar-refractivity contribution in [2.45, 2.75) is 45.0 Å². The summed E-state index contributed by atoms with van der Waals surface area (Å²) < 4.78 is 19.7. The molecule has 42 heavy (non-hydrogen) atoms. The van der Waals surface area contributed by atoms with Crippen LogP contribution in [0, 0.1) is 17.7 Å². The summed E-state index contributed by atoms with van der Waals surface area (Å²) in [6, 6.07) is 4.45. The standard InChI is InChI=1S/C24H32FN3O6.C4H4O4/c1-14(2)34-22-4-3-15(25)9-19(22)27-7-5-26(6-8-27)12-16(29)13-28-23(32)17-10-20(30)21(31)11-18(17)24(28)33;5-3(6)1-2-4(7)8/h3-4,9,14,17-18,20-21,30-31H,5-8,10-13H2,1-2H3;1-2H,(H,5,6)(H,7,8). The van der Waals surface area contributed by atoms with Gasteiger partial charge in [0, 0.05) is 44.4 Å². The predicted octanol–water partition coefficient (Wildman–Crippen LogP) is 0.133. The van der Waals surface area contributed by atoms with Crippen molar-refractivity contribution < 1.29 is 53.5 Å². The van der Waals surface area contributed by atoms with Gasteiger partial charge in [-0.05, 0) is 38.8 Å². The van der Waals surface area contributed by atoms with Crippen molar-refractivity contribution in [3.8, 4) is 5.75 Å². The van der Waals surface area contributed by atoms with E-state index >= 15 is 0 Å². The molecule has 4 unspecified atom stereocenters. The van der Waals surface area contributed by atoms with Crippen LogP contribution in [0.4, 0.5) is 10.1 Å². The number of Topliss-reactive ketones (excluding diaryl/α,β-unsaturated/α-hetero) is 1. The summed E-state index contributed by atoms with van der Waals surface area (Å²) in [6.07, 6.45) is -0.930. The summed E-state index contributed by atoms with van der Waals surface area (Å²) >= 11 is 0. The van der Waals surface area contributed by atoms with Crippen molar-refractivity contribution in [2.75, 3.05) is 44.2 Å². The topological polar surface area (TPSA) is 185 Å². The number of piperazine rings is 1. The molecule has 14 heteroatoms. The molecular formula is C28H36FN3O10. The van der Waals surface area contributed by atoms with E-state index in [2.05, 4.69) is 0 Å². The van der Waals surface area contributed by atoms with Gasteiger partial charge >= 0.3 is 11.9 Å². The van der Waals surface area contributed by atoms with Crippen molar-refractivity contribution in [1.82, 2.24) is 9.80 Å². The maximum Gasteiger partial charge on any atom is 0.328 e. The fraction of sp³-hybridized carbons (Fsp3) is 0.536. The van der Waals surface area contributed by atoms with Crippen LogP contribution in [-0.4, -0.2) is 117 Å². The third-order valence-corrected chi connectivity index (χ3v) is 7.19. The highest BCUT2D eigenvalue weighted by atomic mass is 19.1. The fourth-order valence-corrected chi connectivity index (χ4v) is 5.23. The van der Waals surface area contributed by atoms with Crippen LogP contribution >= 0.6 is 0 Å². The van der Waals surface area contributed by atoms with Crippen LogP contribution < -0.4 is 9.64 Å². The fourth-order valence-electron chi connectivity index (χ4n) is 5.23. The van der Waals surface area contributed by atoms with Gasteiger partial charge in [0.25, 0.3) is 0 Å². The number of carboxylic acid groups (broad SMARTS) is 2. The summed E-state index contributed by atoms with van der Waals surface area (Å²) in [5.41, 5.74) is 0.680. The van der Waals surface area contributed by atoms with E-state index in [-0.39, 0.29) is 43.6 Å². The molecule has 0 radical (unpaired) electrons. The van der Waals surface area contributed by atoms with Crippen LogP contribution in [0.2, 0.25) is 0 Å². The Balaban J connectivity index is 0.000000531. The Morgan fingerprint density at radius 1 is 0.929 bits per heavy atom. The van der Waals surface area contributed by atoms with Crippen molar-refractivity contribution in [1.29, 1.82) is 0 Å². The number of carboxylic acids is 2. The third kappa shape index (κ3) is 8.57. The van der Waals surface area contributed by atoms with Gasteiger partial charge in [-0.15, -0.1) is 0 Å². The highest BCUT2D eigenvalue weighted by molar-refractivity contribution is 6.07. The monoisotopic (exact) mass is 593 g/mol. The lowest BCUT2D eigenvalue weighted by molar-refractivity contribution is -0.143. The minimum atomic E-state index is -1.26. The molecule has 1 aromatic rings. The van der Waals surface area contributed by atoms with Gasteiger partial charge in [-0.1, -0.05) is 0 Å². The van der Waals surface area contributed by atoms with Crippen LogP contribution in [0.15, 0.2) is 30.4 Å². The Kier molecular flexibility index (Phi) is 11.1. The van der Waals surface area contributed by atoms with E-state index in [1.165, 1.54) is 12.1 Å². The maximum atomic E-state index is 13.9. The zero-order valence-corrected chi connectivity index (χ0v) is 23.4. The number of fused-ring (bicyclic) bond motifs is 1. The number of rotatable bonds is 9. The number of hydrogen-bond donors (Lipinski definition) is 4. The largest absolute Gasteiger partial charge is 0.489 e. The molecule has 1 aromatic carbocycles. The second-order valence-electron chi connectivity index (χ2n) is 10.7. The van der Waals surface area contributed by atoms with Gasteiger partial charge < -0.3 is 30.1 Å². The van der Waals surface area contributed by atoms with Gasteiger partial charge in [0.2, 0.25) is 11.8 Å². The van der Waals surface area contributed by atoms with E-state index in [1.54, 1.807) is 6.07 Å². The average Bonchev–Trinajstić information content (AvgIpc) is 3.13. The first-order valence-electron chi connectivity index (χ1n) is 13.6. The number of halogens is 1. The third-order valence-electron chi connectivity index (χ3n) is 7.19. The summed E-state index contributed by atoms with van der Waals surface area (Å²) in [7, 11) is 0. The minimum Gasteiger partial charge on any atom is -0.489 e. The number of likely N-dealkylation sites (tertiary alicyclic amines) is 1. The Hall–Kier alpha value is -3.88. The number of imide groups is 1. The molecule has 3 fully saturated rings. The maximum absolute atomic E-state index is 13.9. The van der Waals surface area contributed by atoms with Crippen molar-refractivity contribution >= 4 is 35.2 Å². The lowest BCUT2D eigenvalue weighted by atomic mass is 9.78. The summed E-state index contributed by atoms with van der Waals surface area (Å²) in [5.74, 6) is -4.71. The first-order valence-corrected chi connectivity index (χ1v) is 13.6. The Labute approximate surface area is 241 Å². The van der Waals surface area contributed by atoms with E-state index < -0.39 is 47.8 Å². The zero-order valence-electron chi connectivity index (χ0n) is 23.4. The summed E-state index contributed by atoms with van der Waals surface area (Å²) in [6.45, 7) is 5.90. The number of aliphatic hydroxyl groups is 2. The number of carbonyl (C=O) groups excluding carboxylic acids is 3. The number of ether oxygens (including phenoxy) is 1. The molecule has 2 amide bonds. The molecule has 0 spiro atoms. The van der Waals surface area contributed by atoms with Gasteiger partial charge in [0.15, 0.2) is 5.78 Å². The molecule has 4 atom stereocenters. The number of nitrogens with zero attached hydrogens (tertiary/aromatic N) is 3. The number of ketones is 1. The summed E-state index contributed by atoms with van der Waals surface area (Å²) in [4.78, 5) is 62.1. The molecule has 0 bridgehead atoms. The lowest BCUT2D eigenvalue weighted by Crippen LogP contribution is -2.49.